The second-order valence-electron chi connectivity index (χ2n) is 3.86. The second kappa shape index (κ2) is 6.09. The summed E-state index contributed by atoms with van der Waals surface area (Å²) < 4.78 is 39.1. The number of aromatic carboxylic acids is 1. The average Bonchev–Trinajstić information content (AvgIpc) is 2.36. The first-order valence-corrected chi connectivity index (χ1v) is 6.96. The van der Waals surface area contributed by atoms with Gasteiger partial charge in [0.05, 0.1) is 11.7 Å². The first kappa shape index (κ1) is 15.5. The van der Waals surface area contributed by atoms with Crippen molar-refractivity contribution in [2.24, 2.45) is 0 Å². The van der Waals surface area contributed by atoms with Crippen LogP contribution < -0.4 is 4.72 Å². The van der Waals surface area contributed by atoms with Crippen LogP contribution in [0.2, 0.25) is 0 Å². The molecule has 1 aromatic rings. The maximum absolute atomic E-state index is 13.5. The molecule has 0 spiro atoms. The number of carboxylic acids is 1. The molecule has 6 nitrogen and oxygen atoms in total. The molecule has 3 N–H and O–H groups in total. The summed E-state index contributed by atoms with van der Waals surface area (Å²) in [5.41, 5.74) is -0.335. The highest BCUT2D eigenvalue weighted by atomic mass is 32.2. The van der Waals surface area contributed by atoms with E-state index in [0.29, 0.717) is 6.42 Å². The van der Waals surface area contributed by atoms with Crippen molar-refractivity contribution in [2.75, 3.05) is 6.54 Å². The lowest BCUT2D eigenvalue weighted by Gasteiger charge is -2.11. The summed E-state index contributed by atoms with van der Waals surface area (Å²) in [6.45, 7) is 1.39. The number of nitrogens with one attached hydrogen (secondary N) is 1. The summed E-state index contributed by atoms with van der Waals surface area (Å²) in [7, 11) is -4.20. The van der Waals surface area contributed by atoms with Gasteiger partial charge in [-0.15, -0.1) is 0 Å². The molecule has 0 saturated heterocycles. The minimum atomic E-state index is -4.20. The molecule has 0 amide bonds. The first-order valence-electron chi connectivity index (χ1n) is 5.48. The van der Waals surface area contributed by atoms with E-state index in [0.717, 1.165) is 18.2 Å². The van der Waals surface area contributed by atoms with E-state index in [1.54, 1.807) is 6.92 Å². The minimum Gasteiger partial charge on any atom is -0.478 e. The Hall–Kier alpha value is -1.51. The summed E-state index contributed by atoms with van der Waals surface area (Å²) in [6, 6.07) is 2.48. The maximum Gasteiger partial charge on any atom is 0.335 e. The second-order valence-corrected chi connectivity index (χ2v) is 5.60. The first-order chi connectivity index (χ1) is 8.77. The molecule has 0 bridgehead atoms. The van der Waals surface area contributed by atoms with E-state index in [9.17, 15) is 22.7 Å². The van der Waals surface area contributed by atoms with Crippen LogP contribution in [0.1, 0.15) is 23.7 Å². The van der Waals surface area contributed by atoms with Gasteiger partial charge < -0.3 is 10.2 Å². The number of rotatable bonds is 6. The molecule has 0 heterocycles. The third-order valence-electron chi connectivity index (χ3n) is 2.45. The third kappa shape index (κ3) is 3.98. The molecule has 0 saturated carbocycles. The molecule has 0 aliphatic heterocycles. The summed E-state index contributed by atoms with van der Waals surface area (Å²) >= 11 is 0. The van der Waals surface area contributed by atoms with Crippen molar-refractivity contribution in [3.63, 3.8) is 0 Å². The largest absolute Gasteiger partial charge is 0.478 e. The van der Waals surface area contributed by atoms with Gasteiger partial charge in [0, 0.05) is 6.54 Å². The number of hydrogen-bond acceptors (Lipinski definition) is 4. The number of hydrogen-bond donors (Lipinski definition) is 3. The standard InChI is InChI=1S/C11H14FNO5S/c1-2-8(14)6-13-19(17,18)10-5-7(11(15)16)3-4-9(10)12/h3-5,8,13-14H,2,6H2,1H3,(H,15,16). The molecule has 0 aliphatic rings. The molecule has 0 fully saturated rings. The Morgan fingerprint density at radius 2 is 2.11 bits per heavy atom. The van der Waals surface area contributed by atoms with Crippen LogP contribution in [0.3, 0.4) is 0 Å². The van der Waals surface area contributed by atoms with Crippen LogP contribution in [-0.2, 0) is 10.0 Å². The number of sulfonamides is 1. The van der Waals surface area contributed by atoms with Crippen LogP contribution in [0.5, 0.6) is 0 Å². The normalized spacial score (nSPS) is 13.2. The summed E-state index contributed by atoms with van der Waals surface area (Å²) in [5.74, 6) is -2.41. The summed E-state index contributed by atoms with van der Waals surface area (Å²) in [4.78, 5) is 9.97. The molecule has 106 valence electrons. The summed E-state index contributed by atoms with van der Waals surface area (Å²) in [6.07, 6.45) is -0.555. The zero-order valence-corrected chi connectivity index (χ0v) is 10.9. The number of halogens is 1. The molecule has 1 aromatic carbocycles. The van der Waals surface area contributed by atoms with Crippen molar-refractivity contribution in [1.29, 1.82) is 0 Å². The Morgan fingerprint density at radius 1 is 1.47 bits per heavy atom. The van der Waals surface area contributed by atoms with E-state index in [1.807, 2.05) is 4.72 Å². The average molecular weight is 291 g/mol. The molecule has 1 atom stereocenters. The van der Waals surface area contributed by atoms with Crippen LogP contribution in [0.4, 0.5) is 4.39 Å². The molecule has 19 heavy (non-hydrogen) atoms. The van der Waals surface area contributed by atoms with Gasteiger partial charge in [-0.1, -0.05) is 6.92 Å². The molecule has 1 unspecified atom stereocenters. The van der Waals surface area contributed by atoms with Crippen molar-refractivity contribution >= 4 is 16.0 Å². The number of carbonyl (C=O) groups is 1. The lowest BCUT2D eigenvalue weighted by atomic mass is 10.2. The monoisotopic (exact) mass is 291 g/mol. The minimum absolute atomic E-state index is 0.268. The Bertz CT molecular complexity index is 572. The molecule has 0 aromatic heterocycles. The SMILES string of the molecule is CCC(O)CNS(=O)(=O)c1cc(C(=O)O)ccc1F. The van der Waals surface area contributed by atoms with E-state index in [2.05, 4.69) is 0 Å². The number of aliphatic hydroxyl groups excluding tert-OH is 1. The van der Waals surface area contributed by atoms with Gasteiger partial charge in [0.25, 0.3) is 0 Å². The highest BCUT2D eigenvalue weighted by Gasteiger charge is 2.21. The van der Waals surface area contributed by atoms with Crippen molar-refractivity contribution < 1.29 is 27.8 Å². The maximum atomic E-state index is 13.5. The highest BCUT2D eigenvalue weighted by molar-refractivity contribution is 7.89. The Kier molecular flexibility index (Phi) is 4.98. The predicted molar refractivity (Wildman–Crippen MR) is 64.8 cm³/mol. The highest BCUT2D eigenvalue weighted by Crippen LogP contribution is 2.16. The lowest BCUT2D eigenvalue weighted by molar-refractivity contribution is 0.0696. The zero-order chi connectivity index (χ0) is 14.6. The van der Waals surface area contributed by atoms with Crippen LogP contribution in [0.15, 0.2) is 23.1 Å². The van der Waals surface area contributed by atoms with Gasteiger partial charge in [0.2, 0.25) is 10.0 Å². The van der Waals surface area contributed by atoms with E-state index in [1.165, 1.54) is 0 Å². The van der Waals surface area contributed by atoms with E-state index >= 15 is 0 Å². The fourth-order valence-corrected chi connectivity index (χ4v) is 2.44. The third-order valence-corrected chi connectivity index (χ3v) is 3.89. The van der Waals surface area contributed by atoms with Gasteiger partial charge in [-0.05, 0) is 24.6 Å². The van der Waals surface area contributed by atoms with Gasteiger partial charge in [-0.3, -0.25) is 0 Å². The topological polar surface area (TPSA) is 104 Å². The van der Waals surface area contributed by atoms with E-state index in [4.69, 9.17) is 5.11 Å². The number of carboxylic acid groups (broad SMARTS) is 1. The molecular formula is C11H14FNO5S. The Morgan fingerprint density at radius 3 is 2.63 bits per heavy atom. The molecular weight excluding hydrogens is 277 g/mol. The fourth-order valence-electron chi connectivity index (χ4n) is 1.27. The predicted octanol–water partition coefficient (Wildman–Crippen LogP) is 0.573. The van der Waals surface area contributed by atoms with Gasteiger partial charge in [-0.2, -0.15) is 0 Å². The molecule has 0 aliphatic carbocycles. The quantitative estimate of drug-likeness (QED) is 0.711. The smallest absolute Gasteiger partial charge is 0.335 e. The number of aliphatic hydroxyl groups is 1. The van der Waals surface area contributed by atoms with Gasteiger partial charge in [0.1, 0.15) is 10.7 Å². The van der Waals surface area contributed by atoms with Crippen molar-refractivity contribution in [3.8, 4) is 0 Å². The molecule has 1 rings (SSSR count). The van der Waals surface area contributed by atoms with Gasteiger partial charge in [0.15, 0.2) is 0 Å². The number of benzene rings is 1. The van der Waals surface area contributed by atoms with E-state index in [-0.39, 0.29) is 12.1 Å². The van der Waals surface area contributed by atoms with Crippen LogP contribution in [-0.4, -0.2) is 37.2 Å². The summed E-state index contributed by atoms with van der Waals surface area (Å²) in [5, 5.41) is 18.0. The van der Waals surface area contributed by atoms with E-state index < -0.39 is 32.8 Å². The van der Waals surface area contributed by atoms with Crippen LogP contribution in [0.25, 0.3) is 0 Å². The Balaban J connectivity index is 3.06. The lowest BCUT2D eigenvalue weighted by Crippen LogP contribution is -2.32. The van der Waals surface area contributed by atoms with Crippen molar-refractivity contribution in [3.05, 3.63) is 29.6 Å². The molecule has 8 heteroatoms. The van der Waals surface area contributed by atoms with Gasteiger partial charge in [-0.25, -0.2) is 22.3 Å². The van der Waals surface area contributed by atoms with Crippen molar-refractivity contribution in [2.45, 2.75) is 24.3 Å². The fraction of sp³-hybridized carbons (Fsp3) is 0.364. The Labute approximate surface area is 109 Å². The van der Waals surface area contributed by atoms with Crippen molar-refractivity contribution in [1.82, 2.24) is 4.72 Å². The van der Waals surface area contributed by atoms with Crippen LogP contribution in [0, 0.1) is 5.82 Å². The van der Waals surface area contributed by atoms with Gasteiger partial charge >= 0.3 is 5.97 Å². The molecule has 0 radical (unpaired) electrons. The zero-order valence-electron chi connectivity index (χ0n) is 10.1. The van der Waals surface area contributed by atoms with Crippen LogP contribution >= 0.6 is 0 Å².